The maximum absolute atomic E-state index is 13.1. The minimum Gasteiger partial charge on any atom is -0.397 e. The molecule has 6 heteroatoms. The Labute approximate surface area is 219 Å². The zero-order chi connectivity index (χ0) is 25.4. The predicted molar refractivity (Wildman–Crippen MR) is 150 cm³/mol. The Morgan fingerprint density at radius 1 is 0.892 bits per heavy atom. The fourth-order valence-electron chi connectivity index (χ4n) is 5.02. The van der Waals surface area contributed by atoms with E-state index in [1.165, 1.54) is 22.5 Å². The summed E-state index contributed by atoms with van der Waals surface area (Å²) in [5.74, 6) is 0.131. The summed E-state index contributed by atoms with van der Waals surface area (Å²) >= 11 is 1.32. The minimum atomic E-state index is -0.275. The molecular formula is C31H25N3O2S. The average molecular weight is 504 g/mol. The lowest BCUT2D eigenvalue weighted by Gasteiger charge is -2.24. The van der Waals surface area contributed by atoms with Gasteiger partial charge >= 0.3 is 0 Å². The van der Waals surface area contributed by atoms with E-state index in [9.17, 15) is 9.59 Å². The number of aromatic nitrogens is 1. The molecule has 0 saturated heterocycles. The molecule has 1 atom stereocenters. The van der Waals surface area contributed by atoms with E-state index in [1.807, 2.05) is 24.3 Å². The van der Waals surface area contributed by atoms with Crippen LogP contribution in [0.3, 0.4) is 0 Å². The zero-order valence-electron chi connectivity index (χ0n) is 20.1. The Bertz CT molecular complexity index is 1610. The van der Waals surface area contributed by atoms with E-state index >= 15 is 0 Å². The van der Waals surface area contributed by atoms with Crippen LogP contribution < -0.4 is 11.1 Å². The lowest BCUT2D eigenvalue weighted by atomic mass is 9.82. The monoisotopic (exact) mass is 503 g/mol. The third-order valence-corrected chi connectivity index (χ3v) is 8.12. The molecular weight excluding hydrogens is 478 g/mol. The number of aryl methyl sites for hydroxylation is 1. The number of ketones is 1. The molecule has 182 valence electrons. The topological polar surface area (TPSA) is 85.1 Å². The molecule has 5 nitrogen and oxygen atoms in total. The van der Waals surface area contributed by atoms with Crippen LogP contribution >= 0.6 is 11.3 Å². The van der Waals surface area contributed by atoms with Crippen LogP contribution in [0.1, 0.15) is 54.8 Å². The first-order valence-corrected chi connectivity index (χ1v) is 13.2. The molecule has 3 N–H and O–H groups in total. The molecule has 0 radical (unpaired) electrons. The van der Waals surface area contributed by atoms with E-state index in [0.717, 1.165) is 35.2 Å². The van der Waals surface area contributed by atoms with Crippen LogP contribution in [0.4, 0.5) is 11.4 Å². The Morgan fingerprint density at radius 2 is 1.57 bits per heavy atom. The highest BCUT2D eigenvalue weighted by atomic mass is 32.1. The first-order valence-electron chi connectivity index (χ1n) is 12.3. The van der Waals surface area contributed by atoms with Crippen LogP contribution in [0.5, 0.6) is 0 Å². The maximum Gasteiger partial charge on any atom is 0.267 e. The summed E-state index contributed by atoms with van der Waals surface area (Å²) in [5, 5.41) is 3.76. The maximum atomic E-state index is 13.1. The molecule has 6 rings (SSSR count). The highest BCUT2D eigenvalue weighted by Crippen LogP contribution is 2.38. The number of nitrogen functional groups attached to an aromatic ring is 1. The third-order valence-electron chi connectivity index (χ3n) is 7.00. The number of anilines is 2. The normalized spacial score (nSPS) is 14.8. The van der Waals surface area contributed by atoms with E-state index < -0.39 is 0 Å². The third kappa shape index (κ3) is 4.52. The van der Waals surface area contributed by atoms with Crippen molar-refractivity contribution in [3.8, 4) is 0 Å². The van der Waals surface area contributed by atoms with Crippen LogP contribution in [0, 0.1) is 0 Å². The first kappa shape index (κ1) is 23.1. The lowest BCUT2D eigenvalue weighted by Crippen LogP contribution is -2.14. The van der Waals surface area contributed by atoms with Gasteiger partial charge in [-0.2, -0.15) is 0 Å². The van der Waals surface area contributed by atoms with Gasteiger partial charge in [0.05, 0.1) is 5.69 Å². The smallest absolute Gasteiger partial charge is 0.267 e. The van der Waals surface area contributed by atoms with E-state index in [2.05, 4.69) is 35.6 Å². The zero-order valence-corrected chi connectivity index (χ0v) is 20.9. The minimum absolute atomic E-state index is 0.0585. The highest BCUT2D eigenvalue weighted by molar-refractivity contribution is 7.21. The molecule has 1 unspecified atom stereocenters. The van der Waals surface area contributed by atoms with Gasteiger partial charge in [-0.3, -0.25) is 9.59 Å². The van der Waals surface area contributed by atoms with Crippen molar-refractivity contribution in [3.63, 3.8) is 0 Å². The van der Waals surface area contributed by atoms with Crippen molar-refractivity contribution in [1.82, 2.24) is 4.98 Å². The van der Waals surface area contributed by atoms with Gasteiger partial charge in [0.1, 0.15) is 9.71 Å². The summed E-state index contributed by atoms with van der Waals surface area (Å²) in [6.07, 6.45) is 2.90. The summed E-state index contributed by atoms with van der Waals surface area (Å²) in [4.78, 5) is 31.9. The summed E-state index contributed by atoms with van der Waals surface area (Å²) in [7, 11) is 0. The van der Waals surface area contributed by atoms with Gasteiger partial charge in [-0.1, -0.05) is 60.7 Å². The molecule has 0 aliphatic heterocycles. The van der Waals surface area contributed by atoms with Crippen molar-refractivity contribution < 1.29 is 9.59 Å². The molecule has 37 heavy (non-hydrogen) atoms. The van der Waals surface area contributed by atoms with Gasteiger partial charge in [-0.15, -0.1) is 11.3 Å². The van der Waals surface area contributed by atoms with Crippen LogP contribution in [0.2, 0.25) is 0 Å². The number of thiophene rings is 1. The van der Waals surface area contributed by atoms with Gasteiger partial charge in [0, 0.05) is 27.9 Å². The molecule has 1 amide bonds. The van der Waals surface area contributed by atoms with E-state index in [1.54, 1.807) is 36.4 Å². The van der Waals surface area contributed by atoms with Gasteiger partial charge in [0.25, 0.3) is 5.91 Å². The van der Waals surface area contributed by atoms with Gasteiger partial charge in [-0.25, -0.2) is 4.98 Å². The fourth-order valence-corrected chi connectivity index (χ4v) is 6.01. The quantitative estimate of drug-likeness (QED) is 0.264. The number of benzene rings is 3. The molecule has 5 aromatic rings. The van der Waals surface area contributed by atoms with Crippen LogP contribution in [-0.4, -0.2) is 16.7 Å². The molecule has 2 heterocycles. The Hall–Kier alpha value is -4.29. The molecule has 1 aliphatic carbocycles. The summed E-state index contributed by atoms with van der Waals surface area (Å²) in [6, 6.07) is 28.8. The summed E-state index contributed by atoms with van der Waals surface area (Å²) in [6.45, 7) is 0. The molecule has 0 fully saturated rings. The Kier molecular flexibility index (Phi) is 6.02. The fraction of sp³-hybridized carbons (Fsp3) is 0.129. The van der Waals surface area contributed by atoms with Crippen LogP contribution in [0.25, 0.3) is 10.2 Å². The number of nitrogens with one attached hydrogen (secondary N) is 1. The molecule has 3 aromatic carbocycles. The average Bonchev–Trinajstić information content (AvgIpc) is 3.27. The number of carbonyl (C=O) groups excluding carboxylic acids is 2. The standard InChI is InChI=1S/C31H25N3O2S/c32-27-25-18-23-17-22(19-7-3-1-4-8-19)13-16-26(23)34-31(25)37-29(27)30(36)33-24-14-11-21(12-15-24)28(35)20-9-5-2-6-10-20/h1-12,14-15,18,22H,13,16-17,32H2,(H,33,36). The van der Waals surface area contributed by atoms with Gasteiger partial charge in [-0.05, 0) is 66.6 Å². The van der Waals surface area contributed by atoms with E-state index in [-0.39, 0.29) is 11.7 Å². The van der Waals surface area contributed by atoms with Gasteiger partial charge < -0.3 is 11.1 Å². The van der Waals surface area contributed by atoms with Crippen LogP contribution in [0.15, 0.2) is 91.0 Å². The summed E-state index contributed by atoms with van der Waals surface area (Å²) < 4.78 is 0. The number of nitrogens with two attached hydrogens (primary N) is 1. The predicted octanol–water partition coefficient (Wildman–Crippen LogP) is 6.63. The molecule has 0 spiro atoms. The second-order valence-electron chi connectivity index (χ2n) is 9.37. The second-order valence-corrected chi connectivity index (χ2v) is 10.4. The largest absolute Gasteiger partial charge is 0.397 e. The number of hydrogen-bond donors (Lipinski definition) is 2. The van der Waals surface area contributed by atoms with Crippen molar-refractivity contribution in [2.45, 2.75) is 25.2 Å². The number of nitrogens with zero attached hydrogens (tertiary/aromatic N) is 1. The van der Waals surface area contributed by atoms with Crippen LogP contribution in [-0.2, 0) is 12.8 Å². The summed E-state index contributed by atoms with van der Waals surface area (Å²) in [5.41, 5.74) is 12.4. The number of hydrogen-bond acceptors (Lipinski definition) is 5. The molecule has 2 aromatic heterocycles. The lowest BCUT2D eigenvalue weighted by molar-refractivity contribution is 0.102. The molecule has 1 aliphatic rings. The van der Waals surface area contributed by atoms with Crippen molar-refractivity contribution >= 4 is 44.6 Å². The number of carbonyl (C=O) groups is 2. The van der Waals surface area contributed by atoms with Crippen molar-refractivity contribution in [2.24, 2.45) is 0 Å². The van der Waals surface area contributed by atoms with Crippen molar-refractivity contribution in [1.29, 1.82) is 0 Å². The Morgan fingerprint density at radius 3 is 2.30 bits per heavy atom. The highest BCUT2D eigenvalue weighted by Gasteiger charge is 2.24. The number of amides is 1. The SMILES string of the molecule is Nc1c(C(=O)Nc2ccc(C(=O)c3ccccc3)cc2)sc2nc3c(cc12)CC(c1ccccc1)CC3. The first-order chi connectivity index (χ1) is 18.1. The Balaban J connectivity index is 1.21. The van der Waals surface area contributed by atoms with Gasteiger partial charge in [0.2, 0.25) is 0 Å². The van der Waals surface area contributed by atoms with Gasteiger partial charge in [0.15, 0.2) is 5.78 Å². The molecule has 0 bridgehead atoms. The van der Waals surface area contributed by atoms with E-state index in [0.29, 0.717) is 33.3 Å². The number of rotatable bonds is 5. The second kappa shape index (κ2) is 9.64. The molecule has 0 saturated carbocycles. The number of fused-ring (bicyclic) bond motifs is 2. The number of pyridine rings is 1. The van der Waals surface area contributed by atoms with Crippen molar-refractivity contribution in [3.05, 3.63) is 124 Å². The van der Waals surface area contributed by atoms with Crippen molar-refractivity contribution in [2.75, 3.05) is 11.1 Å². The van der Waals surface area contributed by atoms with E-state index in [4.69, 9.17) is 10.7 Å².